The number of para-hydroxylation sites is 1. The molecule has 0 atom stereocenters. The number of ether oxygens (including phenoxy) is 1. The summed E-state index contributed by atoms with van der Waals surface area (Å²) >= 11 is 0. The van der Waals surface area contributed by atoms with E-state index in [1.807, 2.05) is 12.1 Å². The summed E-state index contributed by atoms with van der Waals surface area (Å²) in [5, 5.41) is 0. The quantitative estimate of drug-likeness (QED) is 0.683. The van der Waals surface area contributed by atoms with Crippen LogP contribution in [-0.4, -0.2) is 44.2 Å². The van der Waals surface area contributed by atoms with Crippen LogP contribution in [-0.2, 0) is 16.1 Å². The van der Waals surface area contributed by atoms with Crippen molar-refractivity contribution in [1.29, 1.82) is 0 Å². The van der Waals surface area contributed by atoms with Gasteiger partial charge in [-0.25, -0.2) is 4.39 Å². The largest absolute Gasteiger partial charge is 0.469 e. The lowest BCUT2D eigenvalue weighted by Gasteiger charge is -2.42. The first-order valence-corrected chi connectivity index (χ1v) is 10.9. The third-order valence-electron chi connectivity index (χ3n) is 6.77. The van der Waals surface area contributed by atoms with E-state index in [9.17, 15) is 9.18 Å². The predicted octanol–water partition coefficient (Wildman–Crippen LogP) is 4.43. The molecule has 2 heterocycles. The number of carbonyl (C=O) groups is 1. The Bertz CT molecular complexity index is 892. The van der Waals surface area contributed by atoms with Crippen molar-refractivity contribution in [2.24, 2.45) is 5.92 Å². The number of piperidine rings is 1. The molecule has 0 aromatic heterocycles. The number of anilines is 1. The summed E-state index contributed by atoms with van der Waals surface area (Å²) in [5.74, 6) is 0.282. The Morgan fingerprint density at radius 1 is 1.10 bits per heavy atom. The molecule has 30 heavy (non-hydrogen) atoms. The van der Waals surface area contributed by atoms with Gasteiger partial charge in [0.15, 0.2) is 0 Å². The fraction of sp³-hybridized carbons (Fsp3) is 0.480. The third-order valence-corrected chi connectivity index (χ3v) is 6.77. The lowest BCUT2D eigenvalue weighted by Crippen LogP contribution is -2.45. The van der Waals surface area contributed by atoms with Crippen molar-refractivity contribution in [3.05, 3.63) is 64.5 Å². The molecule has 2 aromatic carbocycles. The minimum atomic E-state index is -0.144. The number of methoxy groups -OCH3 is 1. The molecule has 4 rings (SSSR count). The van der Waals surface area contributed by atoms with Crippen molar-refractivity contribution < 1.29 is 13.9 Å². The molecule has 4 nitrogen and oxygen atoms in total. The Morgan fingerprint density at radius 2 is 1.73 bits per heavy atom. The second-order valence-electron chi connectivity index (χ2n) is 8.76. The van der Waals surface area contributed by atoms with E-state index in [0.717, 1.165) is 45.6 Å². The number of benzene rings is 2. The van der Waals surface area contributed by atoms with Gasteiger partial charge in [0.2, 0.25) is 0 Å². The van der Waals surface area contributed by atoms with Gasteiger partial charge in [0, 0.05) is 25.6 Å². The van der Waals surface area contributed by atoms with Crippen molar-refractivity contribution in [3.8, 4) is 0 Å². The lowest BCUT2D eigenvalue weighted by molar-refractivity contribution is -0.147. The molecular formula is C25H31FN2O2. The van der Waals surface area contributed by atoms with Crippen LogP contribution in [0.5, 0.6) is 0 Å². The van der Waals surface area contributed by atoms with Crippen LogP contribution in [0.15, 0.2) is 36.4 Å². The Morgan fingerprint density at radius 3 is 2.33 bits per heavy atom. The molecule has 2 aromatic rings. The highest BCUT2D eigenvalue weighted by atomic mass is 19.1. The Kier molecular flexibility index (Phi) is 6.09. The molecule has 0 saturated carbocycles. The molecule has 0 unspecified atom stereocenters. The number of hydrogen-bond acceptors (Lipinski definition) is 4. The normalized spacial score (nSPS) is 18.3. The van der Waals surface area contributed by atoms with Crippen LogP contribution in [0.1, 0.15) is 41.0 Å². The summed E-state index contributed by atoms with van der Waals surface area (Å²) in [5.41, 5.74) is 6.09. The molecule has 0 radical (unpaired) electrons. The number of halogens is 1. The minimum absolute atomic E-state index is 0.0480. The summed E-state index contributed by atoms with van der Waals surface area (Å²) < 4.78 is 18.9. The van der Waals surface area contributed by atoms with Gasteiger partial charge in [0.25, 0.3) is 0 Å². The van der Waals surface area contributed by atoms with E-state index in [1.54, 1.807) is 6.07 Å². The Balaban J connectivity index is 1.38. The smallest absolute Gasteiger partial charge is 0.308 e. The van der Waals surface area contributed by atoms with E-state index in [1.165, 1.54) is 35.4 Å². The first-order valence-electron chi connectivity index (χ1n) is 10.9. The fourth-order valence-electron chi connectivity index (χ4n) is 4.82. The van der Waals surface area contributed by atoms with Crippen molar-refractivity contribution in [2.45, 2.75) is 39.2 Å². The number of carbonyl (C=O) groups excluding carboxylic acids is 1. The molecular weight excluding hydrogens is 379 g/mol. The zero-order valence-corrected chi connectivity index (χ0v) is 18.2. The zero-order chi connectivity index (χ0) is 21.3. The molecule has 0 bridgehead atoms. The van der Waals surface area contributed by atoms with Gasteiger partial charge < -0.3 is 9.64 Å². The van der Waals surface area contributed by atoms with Crippen LogP contribution in [0.25, 0.3) is 0 Å². The van der Waals surface area contributed by atoms with Gasteiger partial charge in [0.05, 0.1) is 18.7 Å². The highest BCUT2D eigenvalue weighted by Gasteiger charge is 2.31. The van der Waals surface area contributed by atoms with Gasteiger partial charge in [-0.05, 0) is 74.2 Å². The maximum atomic E-state index is 14.0. The number of nitrogens with zero attached hydrogens (tertiary/aromatic N) is 2. The van der Waals surface area contributed by atoms with E-state index in [-0.39, 0.29) is 17.7 Å². The predicted molar refractivity (Wildman–Crippen MR) is 117 cm³/mol. The van der Waals surface area contributed by atoms with Crippen molar-refractivity contribution >= 4 is 11.7 Å². The number of likely N-dealkylation sites (tertiary alicyclic amines) is 1. The van der Waals surface area contributed by atoms with Crippen molar-refractivity contribution in [3.63, 3.8) is 0 Å². The van der Waals surface area contributed by atoms with Gasteiger partial charge >= 0.3 is 5.97 Å². The zero-order valence-electron chi connectivity index (χ0n) is 18.2. The highest BCUT2D eigenvalue weighted by Crippen LogP contribution is 2.34. The van der Waals surface area contributed by atoms with Crippen LogP contribution < -0.4 is 4.90 Å². The Hall–Kier alpha value is -2.40. The summed E-state index contributed by atoms with van der Waals surface area (Å²) in [4.78, 5) is 16.3. The average Bonchev–Trinajstić information content (AvgIpc) is 2.71. The monoisotopic (exact) mass is 410 g/mol. The van der Waals surface area contributed by atoms with Crippen molar-refractivity contribution in [2.75, 3.05) is 38.2 Å². The molecule has 0 spiro atoms. The molecule has 0 N–H and O–H groups in total. The maximum absolute atomic E-state index is 14.0. The van der Waals surface area contributed by atoms with Gasteiger partial charge in [-0.15, -0.1) is 0 Å². The number of aryl methyl sites for hydroxylation is 2. The molecule has 160 valence electrons. The van der Waals surface area contributed by atoms with E-state index < -0.39 is 0 Å². The highest BCUT2D eigenvalue weighted by molar-refractivity contribution is 5.72. The van der Waals surface area contributed by atoms with Crippen LogP contribution in [0.3, 0.4) is 0 Å². The van der Waals surface area contributed by atoms with E-state index in [0.29, 0.717) is 11.6 Å². The topological polar surface area (TPSA) is 32.8 Å². The van der Waals surface area contributed by atoms with E-state index in [2.05, 4.69) is 35.8 Å². The summed E-state index contributed by atoms with van der Waals surface area (Å²) in [6.07, 6.45) is 1.74. The van der Waals surface area contributed by atoms with Gasteiger partial charge in [0.1, 0.15) is 5.82 Å². The van der Waals surface area contributed by atoms with Crippen molar-refractivity contribution in [1.82, 2.24) is 4.90 Å². The van der Waals surface area contributed by atoms with Crippen LogP contribution in [0, 0.1) is 25.6 Å². The molecule has 2 saturated heterocycles. The standard InChI is InChI=1S/C25H31FN2O2/c1-17-12-20(21-14-28(15-21)24-7-5-4-6-23(24)26)13-18(2)22(17)16-27-10-8-19(9-11-27)25(29)30-3/h4-7,12-13,19,21H,8-11,14-16H2,1-3H3. The summed E-state index contributed by atoms with van der Waals surface area (Å²) in [7, 11) is 1.47. The summed E-state index contributed by atoms with van der Waals surface area (Å²) in [6.45, 7) is 8.90. The Labute approximate surface area is 178 Å². The SMILES string of the molecule is COC(=O)C1CCN(Cc2c(C)cc(C3CN(c4ccccc4F)C3)cc2C)CC1. The number of rotatable bonds is 5. The average molecular weight is 411 g/mol. The molecule has 2 aliphatic rings. The fourth-order valence-corrected chi connectivity index (χ4v) is 4.82. The lowest BCUT2D eigenvalue weighted by atomic mass is 9.86. The number of esters is 1. The second-order valence-corrected chi connectivity index (χ2v) is 8.76. The third kappa shape index (κ3) is 4.22. The van der Waals surface area contributed by atoms with Crippen LogP contribution in [0.4, 0.5) is 10.1 Å². The molecule has 0 aliphatic carbocycles. The maximum Gasteiger partial charge on any atom is 0.308 e. The molecule has 2 fully saturated rings. The van der Waals surface area contributed by atoms with Gasteiger partial charge in [-0.2, -0.15) is 0 Å². The first-order chi connectivity index (χ1) is 14.5. The van der Waals surface area contributed by atoms with E-state index in [4.69, 9.17) is 4.74 Å². The van der Waals surface area contributed by atoms with Crippen LogP contribution in [0.2, 0.25) is 0 Å². The molecule has 0 amide bonds. The first kappa shape index (κ1) is 20.9. The van der Waals surface area contributed by atoms with Crippen LogP contribution >= 0.6 is 0 Å². The second kappa shape index (κ2) is 8.76. The summed E-state index contributed by atoms with van der Waals surface area (Å²) in [6, 6.07) is 11.6. The molecule has 5 heteroatoms. The van der Waals surface area contributed by atoms with Gasteiger partial charge in [-0.3, -0.25) is 9.69 Å². The molecule has 2 aliphatic heterocycles. The van der Waals surface area contributed by atoms with E-state index >= 15 is 0 Å². The number of hydrogen-bond donors (Lipinski definition) is 0. The minimum Gasteiger partial charge on any atom is -0.469 e. The van der Waals surface area contributed by atoms with Gasteiger partial charge in [-0.1, -0.05) is 24.3 Å².